The molecule has 10 heteroatoms. The molecule has 0 unspecified atom stereocenters. The number of nitrogens with zero attached hydrogens (tertiary/aromatic N) is 3. The van der Waals surface area contributed by atoms with E-state index in [2.05, 4.69) is 5.32 Å². The van der Waals surface area contributed by atoms with Gasteiger partial charge in [-0.2, -0.15) is 5.26 Å². The van der Waals surface area contributed by atoms with Gasteiger partial charge in [0.15, 0.2) is 0 Å². The van der Waals surface area contributed by atoms with Crippen LogP contribution in [0.25, 0.3) is 0 Å². The number of aliphatic hydroxyl groups is 2. The molecule has 1 aliphatic rings. The first kappa shape index (κ1) is 19.0. The van der Waals surface area contributed by atoms with Crippen LogP contribution in [0.4, 0.5) is 4.79 Å². The Kier molecular flexibility index (Phi) is 8.10. The van der Waals surface area contributed by atoms with Crippen LogP contribution >= 0.6 is 11.8 Å². The molecule has 0 bridgehead atoms. The summed E-state index contributed by atoms with van der Waals surface area (Å²) < 4.78 is 0. The predicted octanol–water partition coefficient (Wildman–Crippen LogP) is -1.51. The number of hydrogen-bond donors (Lipinski definition) is 3. The van der Waals surface area contributed by atoms with Crippen LogP contribution in [-0.4, -0.2) is 82.2 Å². The second-order valence-corrected chi connectivity index (χ2v) is 5.39. The van der Waals surface area contributed by atoms with Gasteiger partial charge in [0.05, 0.1) is 19.0 Å². The Morgan fingerprint density at radius 2 is 2.04 bits per heavy atom. The molecule has 1 fully saturated rings. The molecule has 0 spiro atoms. The van der Waals surface area contributed by atoms with Crippen molar-refractivity contribution in [2.75, 3.05) is 45.1 Å². The maximum absolute atomic E-state index is 12.1. The summed E-state index contributed by atoms with van der Waals surface area (Å²) in [6.45, 7) is -0.205. The van der Waals surface area contributed by atoms with E-state index < -0.39 is 5.91 Å². The van der Waals surface area contributed by atoms with Crippen molar-refractivity contribution >= 4 is 28.8 Å². The van der Waals surface area contributed by atoms with Gasteiger partial charge in [-0.1, -0.05) is 11.8 Å². The average molecular weight is 342 g/mol. The number of thioether (sulfide) groups is 1. The molecule has 0 saturated carbocycles. The van der Waals surface area contributed by atoms with Crippen LogP contribution < -0.4 is 5.32 Å². The molecule has 1 aliphatic heterocycles. The SMILES string of the molecule is N#C/C(=C/NCCN1C(=O)CSC1=O)C(=O)N(CCO)CCO. The lowest BCUT2D eigenvalue weighted by Gasteiger charge is -2.20. The third-order valence-corrected chi connectivity index (χ3v) is 3.80. The first-order valence-corrected chi connectivity index (χ1v) is 7.85. The summed E-state index contributed by atoms with van der Waals surface area (Å²) in [5.41, 5.74) is -0.194. The highest BCUT2D eigenvalue weighted by Crippen LogP contribution is 2.17. The smallest absolute Gasteiger partial charge is 0.288 e. The number of amides is 3. The van der Waals surface area contributed by atoms with Crippen molar-refractivity contribution < 1.29 is 24.6 Å². The van der Waals surface area contributed by atoms with Crippen molar-refractivity contribution in [1.82, 2.24) is 15.1 Å². The molecule has 0 aromatic rings. The van der Waals surface area contributed by atoms with Crippen molar-refractivity contribution in [1.29, 1.82) is 5.26 Å². The molecular formula is C13H18N4O5S. The molecule has 0 aromatic heterocycles. The number of nitriles is 1. The third kappa shape index (κ3) is 5.55. The van der Waals surface area contributed by atoms with Crippen molar-refractivity contribution in [3.05, 3.63) is 11.8 Å². The van der Waals surface area contributed by atoms with Gasteiger partial charge in [0.1, 0.15) is 11.6 Å². The minimum atomic E-state index is -0.619. The first-order valence-electron chi connectivity index (χ1n) is 6.87. The van der Waals surface area contributed by atoms with Gasteiger partial charge < -0.3 is 20.4 Å². The molecule has 0 radical (unpaired) electrons. The van der Waals surface area contributed by atoms with E-state index in [1.165, 1.54) is 6.20 Å². The zero-order chi connectivity index (χ0) is 17.2. The fraction of sp³-hybridized carbons (Fsp3) is 0.538. The van der Waals surface area contributed by atoms with Crippen LogP contribution in [-0.2, 0) is 9.59 Å². The topological polar surface area (TPSA) is 134 Å². The van der Waals surface area contributed by atoms with E-state index in [0.717, 1.165) is 21.6 Å². The number of imide groups is 1. The van der Waals surface area contributed by atoms with Crippen LogP contribution in [0.3, 0.4) is 0 Å². The minimum Gasteiger partial charge on any atom is -0.395 e. The van der Waals surface area contributed by atoms with Gasteiger partial charge in [-0.15, -0.1) is 0 Å². The molecule has 3 N–H and O–H groups in total. The van der Waals surface area contributed by atoms with Gasteiger partial charge in [-0.25, -0.2) is 0 Å². The van der Waals surface area contributed by atoms with Crippen molar-refractivity contribution in [3.8, 4) is 6.07 Å². The lowest BCUT2D eigenvalue weighted by atomic mass is 10.2. The molecular weight excluding hydrogens is 324 g/mol. The maximum atomic E-state index is 12.1. The van der Waals surface area contributed by atoms with Gasteiger partial charge in [0.25, 0.3) is 11.1 Å². The van der Waals surface area contributed by atoms with E-state index in [9.17, 15) is 14.4 Å². The molecule has 1 rings (SSSR count). The predicted molar refractivity (Wildman–Crippen MR) is 82.0 cm³/mol. The number of rotatable bonds is 9. The van der Waals surface area contributed by atoms with Crippen LogP contribution in [0.1, 0.15) is 0 Å². The van der Waals surface area contributed by atoms with Crippen LogP contribution in [0.2, 0.25) is 0 Å². The van der Waals surface area contributed by atoms with Gasteiger partial charge in [0.2, 0.25) is 5.91 Å². The largest absolute Gasteiger partial charge is 0.395 e. The molecule has 1 saturated heterocycles. The van der Waals surface area contributed by atoms with Crippen molar-refractivity contribution in [2.24, 2.45) is 0 Å². The molecule has 1 heterocycles. The molecule has 0 atom stereocenters. The van der Waals surface area contributed by atoms with E-state index in [1.54, 1.807) is 6.07 Å². The third-order valence-electron chi connectivity index (χ3n) is 2.94. The number of hydrogen-bond acceptors (Lipinski definition) is 8. The Morgan fingerprint density at radius 1 is 1.39 bits per heavy atom. The highest BCUT2D eigenvalue weighted by Gasteiger charge is 2.29. The molecule has 0 aliphatic carbocycles. The van der Waals surface area contributed by atoms with E-state index in [4.69, 9.17) is 15.5 Å². The van der Waals surface area contributed by atoms with Crippen LogP contribution in [0, 0.1) is 11.3 Å². The van der Waals surface area contributed by atoms with Gasteiger partial charge in [0, 0.05) is 32.4 Å². The molecule has 0 aromatic carbocycles. The van der Waals surface area contributed by atoms with Crippen LogP contribution in [0.15, 0.2) is 11.8 Å². The monoisotopic (exact) mass is 342 g/mol. The summed E-state index contributed by atoms with van der Waals surface area (Å²) in [4.78, 5) is 37.1. The summed E-state index contributed by atoms with van der Waals surface area (Å²) in [5.74, 6) is -0.750. The Labute approximate surface area is 137 Å². The van der Waals surface area contributed by atoms with Gasteiger partial charge >= 0.3 is 0 Å². The minimum absolute atomic E-state index is 0.00637. The highest BCUT2D eigenvalue weighted by atomic mass is 32.2. The fourth-order valence-electron chi connectivity index (χ4n) is 1.82. The summed E-state index contributed by atoms with van der Waals surface area (Å²) in [6, 6.07) is 1.74. The molecule has 3 amide bonds. The van der Waals surface area contributed by atoms with Crippen LogP contribution in [0.5, 0.6) is 0 Å². The highest BCUT2D eigenvalue weighted by molar-refractivity contribution is 8.14. The number of carbonyl (C=O) groups excluding carboxylic acids is 3. The Bertz CT molecular complexity index is 509. The molecule has 9 nitrogen and oxygen atoms in total. The standard InChI is InChI=1S/C13H18N4O5S/c14-7-10(12(21)16(3-5-18)4-6-19)8-15-1-2-17-11(20)9-23-13(17)22/h8,15,18-19H,1-6,9H2/b10-8-. The number of aliphatic hydroxyl groups excluding tert-OH is 2. The molecule has 126 valence electrons. The van der Waals surface area contributed by atoms with Crippen molar-refractivity contribution in [2.45, 2.75) is 0 Å². The van der Waals surface area contributed by atoms with E-state index in [1.807, 2.05) is 0 Å². The van der Waals surface area contributed by atoms with E-state index in [-0.39, 0.29) is 61.9 Å². The first-order chi connectivity index (χ1) is 11.0. The van der Waals surface area contributed by atoms with Gasteiger partial charge in [-0.05, 0) is 0 Å². The second-order valence-electron chi connectivity index (χ2n) is 4.46. The maximum Gasteiger partial charge on any atom is 0.288 e. The Hall–Kier alpha value is -2.09. The quantitative estimate of drug-likeness (QED) is 0.262. The van der Waals surface area contributed by atoms with E-state index >= 15 is 0 Å². The Balaban J connectivity index is 2.54. The zero-order valence-electron chi connectivity index (χ0n) is 12.4. The second kappa shape index (κ2) is 9.83. The average Bonchev–Trinajstić information content (AvgIpc) is 2.85. The Morgan fingerprint density at radius 3 is 2.52 bits per heavy atom. The summed E-state index contributed by atoms with van der Waals surface area (Å²) in [5, 5.41) is 29.2. The number of carbonyl (C=O) groups is 3. The summed E-state index contributed by atoms with van der Waals surface area (Å²) >= 11 is 0.936. The lowest BCUT2D eigenvalue weighted by Crippen LogP contribution is -2.37. The lowest BCUT2D eigenvalue weighted by molar-refractivity contribution is -0.128. The van der Waals surface area contributed by atoms with E-state index in [0.29, 0.717) is 0 Å². The fourth-order valence-corrected chi connectivity index (χ4v) is 2.57. The number of nitrogens with one attached hydrogen (secondary N) is 1. The normalized spacial score (nSPS) is 14.8. The molecule has 23 heavy (non-hydrogen) atoms. The van der Waals surface area contributed by atoms with Crippen molar-refractivity contribution in [3.63, 3.8) is 0 Å². The summed E-state index contributed by atoms with van der Waals surface area (Å²) in [6.07, 6.45) is 1.20. The zero-order valence-corrected chi connectivity index (χ0v) is 13.2. The van der Waals surface area contributed by atoms with Gasteiger partial charge in [-0.3, -0.25) is 19.3 Å². The summed E-state index contributed by atoms with van der Waals surface area (Å²) in [7, 11) is 0.